The number of hydrogen-bond donors (Lipinski definition) is 4. The van der Waals surface area contributed by atoms with Crippen molar-refractivity contribution in [1.29, 1.82) is 0 Å². The molecule has 10 nitrogen and oxygen atoms in total. The molecular weight excluding hydrogens is 488 g/mol. The topological polar surface area (TPSA) is 135 Å². The van der Waals surface area contributed by atoms with Crippen molar-refractivity contribution < 1.29 is 28.7 Å². The third kappa shape index (κ3) is 9.10. The molecule has 0 saturated heterocycles. The Kier molecular flexibility index (Phi) is 11.0. The van der Waals surface area contributed by atoms with E-state index in [0.717, 1.165) is 12.8 Å². The molecule has 0 unspecified atom stereocenters. The Bertz CT molecular complexity index is 992. The van der Waals surface area contributed by atoms with E-state index in [1.54, 1.807) is 24.3 Å². The molecule has 0 radical (unpaired) electrons. The van der Waals surface area contributed by atoms with E-state index in [0.29, 0.717) is 37.2 Å². The normalized spacial score (nSPS) is 16.6. The molecule has 0 aromatic heterocycles. The third-order valence-corrected chi connectivity index (χ3v) is 6.52. The van der Waals surface area contributed by atoms with Crippen LogP contribution in [0.25, 0.3) is 0 Å². The Balaban J connectivity index is 1.28. The number of nitrogens with one attached hydrogen (secondary N) is 4. The van der Waals surface area contributed by atoms with Crippen molar-refractivity contribution in [2.24, 2.45) is 11.8 Å². The van der Waals surface area contributed by atoms with Crippen LogP contribution in [0.15, 0.2) is 48.5 Å². The minimum atomic E-state index is -0.469. The van der Waals surface area contributed by atoms with Crippen molar-refractivity contribution in [3.8, 4) is 11.5 Å². The average molecular weight is 525 g/mol. The summed E-state index contributed by atoms with van der Waals surface area (Å²) < 4.78 is 10.9. The minimum Gasteiger partial charge on any atom is -0.484 e. The molecule has 4 N–H and O–H groups in total. The summed E-state index contributed by atoms with van der Waals surface area (Å²) in [5, 5.41) is 0. The highest BCUT2D eigenvalue weighted by Gasteiger charge is 2.30. The molecule has 0 heterocycles. The zero-order valence-electron chi connectivity index (χ0n) is 21.9. The first-order valence-electron chi connectivity index (χ1n) is 13.0. The number of benzene rings is 2. The summed E-state index contributed by atoms with van der Waals surface area (Å²) >= 11 is 0. The van der Waals surface area contributed by atoms with E-state index in [9.17, 15) is 19.2 Å². The van der Waals surface area contributed by atoms with Gasteiger partial charge in [0.1, 0.15) is 11.5 Å². The van der Waals surface area contributed by atoms with Crippen LogP contribution >= 0.6 is 0 Å². The highest BCUT2D eigenvalue weighted by atomic mass is 16.5. The quantitative estimate of drug-likeness (QED) is 0.353. The fourth-order valence-corrected chi connectivity index (χ4v) is 4.10. The van der Waals surface area contributed by atoms with E-state index in [4.69, 9.17) is 9.47 Å². The lowest BCUT2D eigenvalue weighted by atomic mass is 9.81. The Morgan fingerprint density at radius 3 is 1.26 bits per heavy atom. The molecule has 1 aliphatic rings. The number of carbonyl (C=O) groups excluding carboxylic acids is 4. The summed E-state index contributed by atoms with van der Waals surface area (Å²) in [6.07, 6.45) is 3.80. The lowest BCUT2D eigenvalue weighted by Crippen LogP contribution is -2.48. The molecule has 4 amide bonds. The maximum Gasteiger partial charge on any atom is 0.276 e. The van der Waals surface area contributed by atoms with Crippen molar-refractivity contribution >= 4 is 23.6 Å². The molecule has 0 aliphatic heterocycles. The minimum absolute atomic E-state index is 0.222. The summed E-state index contributed by atoms with van der Waals surface area (Å²) in [6, 6.07) is 14.9. The Morgan fingerprint density at radius 2 is 0.947 bits per heavy atom. The fourth-order valence-electron chi connectivity index (χ4n) is 4.10. The van der Waals surface area contributed by atoms with Crippen LogP contribution in [0.5, 0.6) is 11.5 Å². The first-order chi connectivity index (χ1) is 18.4. The predicted molar refractivity (Wildman–Crippen MR) is 141 cm³/mol. The summed E-state index contributed by atoms with van der Waals surface area (Å²) in [5.74, 6) is -1.03. The van der Waals surface area contributed by atoms with Gasteiger partial charge in [-0.25, -0.2) is 0 Å². The van der Waals surface area contributed by atoms with Gasteiger partial charge in [0.05, 0.1) is 0 Å². The number of amides is 4. The van der Waals surface area contributed by atoms with E-state index < -0.39 is 11.8 Å². The van der Waals surface area contributed by atoms with Gasteiger partial charge in [-0.3, -0.25) is 40.9 Å². The molecule has 10 heteroatoms. The van der Waals surface area contributed by atoms with Crippen molar-refractivity contribution in [2.75, 3.05) is 13.2 Å². The second-order valence-corrected chi connectivity index (χ2v) is 9.20. The van der Waals surface area contributed by atoms with Gasteiger partial charge in [-0.05, 0) is 73.9 Å². The standard InChI is InChI=1S/C28H36N4O6/c1-3-19-5-13-23(14-6-19)37-17-25(33)29-31-27(35)21-9-11-22(12-10-21)28(36)32-30-26(34)18-38-24-15-7-20(4-2)8-16-24/h5-8,13-16,21-22H,3-4,9-12,17-18H2,1-2H3,(H,29,33)(H,30,34)(H,31,35)(H,32,36). The van der Waals surface area contributed by atoms with Crippen LogP contribution in [0.3, 0.4) is 0 Å². The lowest BCUT2D eigenvalue weighted by Gasteiger charge is -2.27. The van der Waals surface area contributed by atoms with Crippen LogP contribution < -0.4 is 31.2 Å². The van der Waals surface area contributed by atoms with Gasteiger partial charge in [-0.1, -0.05) is 38.1 Å². The molecule has 2 aromatic rings. The van der Waals surface area contributed by atoms with Crippen molar-refractivity contribution in [3.63, 3.8) is 0 Å². The zero-order chi connectivity index (χ0) is 27.3. The number of ether oxygens (including phenoxy) is 2. The van der Waals surface area contributed by atoms with Crippen molar-refractivity contribution in [1.82, 2.24) is 21.7 Å². The molecule has 2 aromatic carbocycles. The van der Waals surface area contributed by atoms with Crippen LogP contribution in [-0.4, -0.2) is 36.8 Å². The van der Waals surface area contributed by atoms with E-state index in [1.165, 1.54) is 11.1 Å². The van der Waals surface area contributed by atoms with Crippen LogP contribution in [0.4, 0.5) is 0 Å². The first-order valence-corrected chi connectivity index (χ1v) is 13.0. The van der Waals surface area contributed by atoms with Crippen LogP contribution in [0.1, 0.15) is 50.7 Å². The zero-order valence-corrected chi connectivity index (χ0v) is 21.9. The largest absolute Gasteiger partial charge is 0.484 e. The van der Waals surface area contributed by atoms with Crippen LogP contribution in [0, 0.1) is 11.8 Å². The Hall–Kier alpha value is -4.08. The summed E-state index contributed by atoms with van der Waals surface area (Å²) in [4.78, 5) is 48.9. The second kappa shape index (κ2) is 14.6. The average Bonchev–Trinajstić information content (AvgIpc) is 2.97. The van der Waals surface area contributed by atoms with Gasteiger partial charge < -0.3 is 9.47 Å². The number of carbonyl (C=O) groups is 4. The molecule has 1 aliphatic carbocycles. The smallest absolute Gasteiger partial charge is 0.276 e. The summed E-state index contributed by atoms with van der Waals surface area (Å²) in [7, 11) is 0. The maximum atomic E-state index is 12.4. The van der Waals surface area contributed by atoms with Gasteiger partial charge in [0, 0.05) is 11.8 Å². The van der Waals surface area contributed by atoms with Gasteiger partial charge in [0.15, 0.2) is 13.2 Å². The van der Waals surface area contributed by atoms with Crippen LogP contribution in [0.2, 0.25) is 0 Å². The van der Waals surface area contributed by atoms with Gasteiger partial charge >= 0.3 is 0 Å². The Labute approximate surface area is 222 Å². The fraction of sp³-hybridized carbons (Fsp3) is 0.429. The highest BCUT2D eigenvalue weighted by Crippen LogP contribution is 2.28. The molecule has 204 valence electrons. The molecule has 0 bridgehead atoms. The SMILES string of the molecule is CCc1ccc(OCC(=O)NNC(=O)C2CCC(C(=O)NNC(=O)COc3ccc(CC)cc3)CC2)cc1. The van der Waals surface area contributed by atoms with E-state index in [-0.39, 0.29) is 36.9 Å². The number of rotatable bonds is 10. The van der Waals surface area contributed by atoms with Gasteiger partial charge in [-0.2, -0.15) is 0 Å². The van der Waals surface area contributed by atoms with Gasteiger partial charge in [0.2, 0.25) is 11.8 Å². The molecule has 1 fully saturated rings. The van der Waals surface area contributed by atoms with Crippen molar-refractivity contribution in [2.45, 2.75) is 52.4 Å². The first kappa shape index (κ1) is 28.5. The third-order valence-electron chi connectivity index (χ3n) is 6.52. The Morgan fingerprint density at radius 1 is 0.605 bits per heavy atom. The molecule has 0 atom stereocenters. The lowest BCUT2D eigenvalue weighted by molar-refractivity contribution is -0.135. The number of aryl methyl sites for hydroxylation is 2. The van der Waals surface area contributed by atoms with Crippen LogP contribution in [-0.2, 0) is 32.0 Å². The highest BCUT2D eigenvalue weighted by molar-refractivity contribution is 5.85. The maximum absolute atomic E-state index is 12.4. The number of hydrazine groups is 2. The monoisotopic (exact) mass is 524 g/mol. The number of hydrogen-bond acceptors (Lipinski definition) is 6. The summed E-state index contributed by atoms with van der Waals surface area (Å²) in [6.45, 7) is 3.67. The summed E-state index contributed by atoms with van der Waals surface area (Å²) in [5.41, 5.74) is 11.9. The van der Waals surface area contributed by atoms with E-state index in [2.05, 4.69) is 35.6 Å². The van der Waals surface area contributed by atoms with Gasteiger partial charge in [-0.15, -0.1) is 0 Å². The van der Waals surface area contributed by atoms with E-state index >= 15 is 0 Å². The van der Waals surface area contributed by atoms with Gasteiger partial charge in [0.25, 0.3) is 11.8 Å². The molecule has 3 rings (SSSR count). The molecule has 0 spiro atoms. The van der Waals surface area contributed by atoms with Crippen molar-refractivity contribution in [3.05, 3.63) is 59.7 Å². The van der Waals surface area contributed by atoms with E-state index in [1.807, 2.05) is 24.3 Å². The molecular formula is C28H36N4O6. The second-order valence-electron chi connectivity index (χ2n) is 9.20. The molecule has 1 saturated carbocycles. The predicted octanol–water partition coefficient (Wildman–Crippen LogP) is 2.37. The molecule has 38 heavy (non-hydrogen) atoms.